The summed E-state index contributed by atoms with van der Waals surface area (Å²) in [6.45, 7) is 3.41. The third-order valence-corrected chi connectivity index (χ3v) is 5.42. The first kappa shape index (κ1) is 21.5. The topological polar surface area (TPSA) is 85.6 Å². The molecule has 1 aliphatic rings. The van der Waals surface area contributed by atoms with E-state index in [4.69, 9.17) is 17.3 Å². The second-order valence-corrected chi connectivity index (χ2v) is 7.54. The van der Waals surface area contributed by atoms with Gasteiger partial charge in [-0.25, -0.2) is 0 Å². The number of rotatable bonds is 8. The lowest BCUT2D eigenvalue weighted by Crippen LogP contribution is -2.52. The minimum atomic E-state index is -0.153. The SMILES string of the molecule is CCC1=C(c2ccc(Cl)cc2NCO)N(C)C(Nc2cccc(CCN)c2)NC1. The second-order valence-electron chi connectivity index (χ2n) is 7.11. The van der Waals surface area contributed by atoms with E-state index in [0.29, 0.717) is 11.6 Å². The van der Waals surface area contributed by atoms with Gasteiger partial charge in [0, 0.05) is 41.3 Å². The molecule has 0 aliphatic carbocycles. The summed E-state index contributed by atoms with van der Waals surface area (Å²) in [4.78, 5) is 2.20. The highest BCUT2D eigenvalue weighted by Crippen LogP contribution is 2.34. The quantitative estimate of drug-likeness (QED) is 0.425. The number of nitrogens with one attached hydrogen (secondary N) is 3. The molecule has 29 heavy (non-hydrogen) atoms. The molecular formula is C22H30ClN5O. The van der Waals surface area contributed by atoms with Crippen molar-refractivity contribution in [2.75, 3.05) is 37.5 Å². The van der Waals surface area contributed by atoms with Crippen molar-refractivity contribution in [3.63, 3.8) is 0 Å². The molecule has 1 aliphatic heterocycles. The van der Waals surface area contributed by atoms with Gasteiger partial charge < -0.3 is 26.4 Å². The monoisotopic (exact) mass is 415 g/mol. The number of aliphatic hydroxyl groups excluding tert-OH is 1. The normalized spacial score (nSPS) is 16.9. The van der Waals surface area contributed by atoms with E-state index in [1.54, 1.807) is 0 Å². The van der Waals surface area contributed by atoms with Crippen molar-refractivity contribution >= 4 is 28.7 Å². The Morgan fingerprint density at radius 2 is 2.10 bits per heavy atom. The summed E-state index contributed by atoms with van der Waals surface area (Å²) >= 11 is 6.19. The minimum Gasteiger partial charge on any atom is -0.377 e. The Hall–Kier alpha value is -2.25. The number of benzene rings is 2. The largest absolute Gasteiger partial charge is 0.377 e. The van der Waals surface area contributed by atoms with Crippen LogP contribution in [0.4, 0.5) is 11.4 Å². The molecule has 0 aromatic heterocycles. The molecule has 7 heteroatoms. The maximum absolute atomic E-state index is 9.42. The van der Waals surface area contributed by atoms with E-state index in [2.05, 4.69) is 53.0 Å². The molecule has 1 unspecified atom stereocenters. The van der Waals surface area contributed by atoms with Gasteiger partial charge in [-0.1, -0.05) is 30.7 Å². The summed E-state index contributed by atoms with van der Waals surface area (Å²) in [6.07, 6.45) is 1.70. The number of nitrogens with two attached hydrogens (primary N) is 1. The van der Waals surface area contributed by atoms with Crippen LogP contribution in [0.2, 0.25) is 5.02 Å². The lowest BCUT2D eigenvalue weighted by molar-refractivity contribution is 0.309. The maximum atomic E-state index is 9.42. The van der Waals surface area contributed by atoms with Crippen LogP contribution in [0.15, 0.2) is 48.0 Å². The van der Waals surface area contributed by atoms with Gasteiger partial charge >= 0.3 is 0 Å². The number of nitrogens with zero attached hydrogens (tertiary/aromatic N) is 1. The van der Waals surface area contributed by atoms with E-state index in [1.165, 1.54) is 11.1 Å². The van der Waals surface area contributed by atoms with E-state index < -0.39 is 0 Å². The van der Waals surface area contributed by atoms with E-state index in [1.807, 2.05) is 24.3 Å². The van der Waals surface area contributed by atoms with Gasteiger partial charge in [0.2, 0.25) is 0 Å². The summed E-state index contributed by atoms with van der Waals surface area (Å²) in [7, 11) is 2.07. The van der Waals surface area contributed by atoms with Gasteiger partial charge in [-0.05, 0) is 60.9 Å². The van der Waals surface area contributed by atoms with Crippen molar-refractivity contribution in [2.45, 2.75) is 26.1 Å². The van der Waals surface area contributed by atoms with Crippen LogP contribution in [0.1, 0.15) is 24.5 Å². The summed E-state index contributed by atoms with van der Waals surface area (Å²) in [6, 6.07) is 14.1. The molecule has 6 N–H and O–H groups in total. The molecule has 0 saturated heterocycles. The zero-order valence-corrected chi connectivity index (χ0v) is 17.8. The van der Waals surface area contributed by atoms with Crippen molar-refractivity contribution in [3.05, 3.63) is 64.2 Å². The Balaban J connectivity index is 1.91. The van der Waals surface area contributed by atoms with Gasteiger partial charge in [0.1, 0.15) is 6.73 Å². The highest BCUT2D eigenvalue weighted by molar-refractivity contribution is 6.31. The van der Waals surface area contributed by atoms with E-state index in [-0.39, 0.29) is 13.0 Å². The molecule has 0 saturated carbocycles. The average Bonchev–Trinajstić information content (AvgIpc) is 2.71. The molecule has 2 aromatic rings. The smallest absolute Gasteiger partial charge is 0.155 e. The van der Waals surface area contributed by atoms with Crippen LogP contribution in [0.5, 0.6) is 0 Å². The first-order valence-electron chi connectivity index (χ1n) is 9.95. The zero-order chi connectivity index (χ0) is 20.8. The van der Waals surface area contributed by atoms with E-state index in [9.17, 15) is 5.11 Å². The van der Waals surface area contributed by atoms with Crippen LogP contribution >= 0.6 is 11.6 Å². The number of halogens is 1. The van der Waals surface area contributed by atoms with Crippen LogP contribution in [0.25, 0.3) is 5.70 Å². The lowest BCUT2D eigenvalue weighted by atomic mass is 9.99. The highest BCUT2D eigenvalue weighted by atomic mass is 35.5. The summed E-state index contributed by atoms with van der Waals surface area (Å²) < 4.78 is 0. The second kappa shape index (κ2) is 9.98. The van der Waals surface area contributed by atoms with Crippen molar-refractivity contribution in [3.8, 4) is 0 Å². The van der Waals surface area contributed by atoms with Crippen LogP contribution in [0.3, 0.4) is 0 Å². The molecule has 6 nitrogen and oxygen atoms in total. The number of aliphatic hydroxyl groups is 1. The van der Waals surface area contributed by atoms with Gasteiger partial charge in [-0.3, -0.25) is 5.32 Å². The average molecular weight is 416 g/mol. The highest BCUT2D eigenvalue weighted by Gasteiger charge is 2.27. The van der Waals surface area contributed by atoms with Crippen LogP contribution in [-0.4, -0.2) is 43.2 Å². The standard InChI is InChI=1S/C22H30ClN5O/c1-3-16-13-25-22(27-18-6-4-5-15(11-18)9-10-24)28(2)21(16)19-8-7-17(23)12-20(19)26-14-29/h4-8,11-12,22,25-27,29H,3,9-10,13-14,24H2,1-2H3. The van der Waals surface area contributed by atoms with Crippen molar-refractivity contribution in [1.82, 2.24) is 10.2 Å². The maximum Gasteiger partial charge on any atom is 0.155 e. The van der Waals surface area contributed by atoms with Crippen molar-refractivity contribution in [1.29, 1.82) is 0 Å². The molecule has 0 amide bonds. The number of hydrogen-bond donors (Lipinski definition) is 5. The van der Waals surface area contributed by atoms with Gasteiger partial charge in [0.15, 0.2) is 6.29 Å². The molecule has 0 bridgehead atoms. The number of hydrogen-bond acceptors (Lipinski definition) is 6. The molecule has 1 atom stereocenters. The van der Waals surface area contributed by atoms with Gasteiger partial charge in [0.25, 0.3) is 0 Å². The summed E-state index contributed by atoms with van der Waals surface area (Å²) in [5.74, 6) is 0. The van der Waals surface area contributed by atoms with Crippen LogP contribution in [-0.2, 0) is 6.42 Å². The molecule has 1 heterocycles. The minimum absolute atomic E-state index is 0.0777. The molecule has 2 aromatic carbocycles. The molecular weight excluding hydrogens is 386 g/mol. The van der Waals surface area contributed by atoms with E-state index >= 15 is 0 Å². The first-order chi connectivity index (χ1) is 14.1. The molecule has 3 rings (SSSR count). The fourth-order valence-electron chi connectivity index (χ4n) is 3.74. The molecule has 156 valence electrons. The Kier molecular flexibility index (Phi) is 7.39. The Labute approximate surface area is 177 Å². The fraction of sp³-hybridized carbons (Fsp3) is 0.364. The Morgan fingerprint density at radius 1 is 1.28 bits per heavy atom. The Morgan fingerprint density at radius 3 is 2.83 bits per heavy atom. The van der Waals surface area contributed by atoms with Crippen molar-refractivity contribution in [2.24, 2.45) is 5.73 Å². The summed E-state index contributed by atoms with van der Waals surface area (Å²) in [5, 5.41) is 20.2. The Bertz CT molecular complexity index is 870. The van der Waals surface area contributed by atoms with Crippen LogP contribution < -0.4 is 21.7 Å². The molecule has 0 fully saturated rings. The van der Waals surface area contributed by atoms with Crippen molar-refractivity contribution < 1.29 is 5.11 Å². The zero-order valence-electron chi connectivity index (χ0n) is 17.0. The third kappa shape index (κ3) is 5.03. The van der Waals surface area contributed by atoms with E-state index in [0.717, 1.165) is 42.0 Å². The summed E-state index contributed by atoms with van der Waals surface area (Å²) in [5.41, 5.74) is 12.2. The van der Waals surface area contributed by atoms with Gasteiger partial charge in [-0.2, -0.15) is 0 Å². The van der Waals surface area contributed by atoms with Gasteiger partial charge in [-0.15, -0.1) is 0 Å². The molecule has 0 radical (unpaired) electrons. The predicted octanol–water partition coefficient (Wildman–Crippen LogP) is 3.25. The fourth-order valence-corrected chi connectivity index (χ4v) is 3.91. The number of anilines is 2. The third-order valence-electron chi connectivity index (χ3n) is 5.18. The van der Waals surface area contributed by atoms with Crippen LogP contribution in [0, 0.1) is 0 Å². The van der Waals surface area contributed by atoms with Gasteiger partial charge in [0.05, 0.1) is 0 Å². The first-order valence-corrected chi connectivity index (χ1v) is 10.3. The molecule has 0 spiro atoms. The lowest BCUT2D eigenvalue weighted by Gasteiger charge is -2.40. The predicted molar refractivity (Wildman–Crippen MR) is 122 cm³/mol.